The number of halogens is 16. The molecule has 38 heavy (non-hydrogen) atoms. The molecule has 2 aromatic rings. The quantitative estimate of drug-likeness (QED) is 0.291. The van der Waals surface area contributed by atoms with Crippen molar-refractivity contribution in [3.63, 3.8) is 0 Å². The summed E-state index contributed by atoms with van der Waals surface area (Å²) in [5.74, 6) is -52.1. The first-order chi connectivity index (χ1) is 17.0. The highest BCUT2D eigenvalue weighted by Gasteiger charge is 2.94. The number of carbonyl (C=O) groups is 1. The lowest BCUT2D eigenvalue weighted by Gasteiger charge is -2.40. The maximum absolute atomic E-state index is 14.3. The van der Waals surface area contributed by atoms with Gasteiger partial charge in [0, 0.05) is 0 Å². The van der Waals surface area contributed by atoms with Gasteiger partial charge in [-0.1, -0.05) is 36.4 Å². The summed E-state index contributed by atoms with van der Waals surface area (Å²) >= 11 is -4.10. The zero-order valence-corrected chi connectivity index (χ0v) is 19.8. The molecule has 0 saturated heterocycles. The van der Waals surface area contributed by atoms with Gasteiger partial charge in [0.15, 0.2) is 7.14 Å². The first kappa shape index (κ1) is 31.8. The number of rotatable bonds is 9. The predicted molar refractivity (Wildman–Crippen MR) is 92.1 cm³/mol. The minimum atomic E-state index is -8.48. The molecule has 0 fully saturated rings. The number of benzene rings is 2. The Hall–Kier alpha value is -2.41. The van der Waals surface area contributed by atoms with Crippen molar-refractivity contribution in [2.75, 3.05) is 0 Å². The van der Waals surface area contributed by atoms with E-state index in [1.54, 1.807) is 0 Å². The van der Waals surface area contributed by atoms with Crippen LogP contribution in [0, 0.1) is 7.14 Å². The van der Waals surface area contributed by atoms with Crippen LogP contribution in [-0.4, -0.2) is 47.7 Å². The Labute approximate surface area is 209 Å². The van der Waals surface area contributed by atoms with Crippen molar-refractivity contribution in [3.8, 4) is 0 Å². The van der Waals surface area contributed by atoms with Gasteiger partial charge in [-0.15, -0.1) is 0 Å². The Bertz CT molecular complexity index is 1080. The van der Waals surface area contributed by atoms with E-state index in [4.69, 9.17) is 0 Å². The van der Waals surface area contributed by atoms with Crippen LogP contribution in [0.15, 0.2) is 60.7 Å². The summed E-state index contributed by atoms with van der Waals surface area (Å²) in [5, 5.41) is 0. The van der Waals surface area contributed by atoms with Gasteiger partial charge < -0.3 is 0 Å². The molecule has 0 saturated carbocycles. The molecular weight excluding hydrogens is 684 g/mol. The summed E-state index contributed by atoms with van der Waals surface area (Å²) in [5.41, 5.74) is 0. The van der Waals surface area contributed by atoms with Crippen LogP contribution in [0.1, 0.15) is 0 Å². The van der Waals surface area contributed by atoms with Gasteiger partial charge in [0.05, 0.1) is 0 Å². The number of hydrogen-bond donors (Lipinski definition) is 0. The Morgan fingerprint density at radius 3 is 1.16 bits per heavy atom. The van der Waals surface area contributed by atoms with Gasteiger partial charge in [0.1, 0.15) is 0 Å². The van der Waals surface area contributed by atoms with Crippen LogP contribution in [0.4, 0.5) is 65.9 Å². The molecule has 2 aromatic carbocycles. The van der Waals surface area contributed by atoms with E-state index >= 15 is 0 Å². The summed E-state index contributed by atoms with van der Waals surface area (Å²) < 4.78 is 205. The van der Waals surface area contributed by atoms with E-state index in [0.717, 1.165) is 24.3 Å². The second kappa shape index (κ2) is 9.96. The first-order valence-corrected chi connectivity index (χ1v) is 12.4. The monoisotopic (exact) mass is 694 g/mol. The van der Waals surface area contributed by atoms with Gasteiger partial charge in [0.2, 0.25) is 0 Å². The molecule has 1 radical (unpaired) electrons. The van der Waals surface area contributed by atoms with Crippen molar-refractivity contribution < 1.29 is 94.0 Å². The summed E-state index contributed by atoms with van der Waals surface area (Å²) in [7, 11) is 0. The van der Waals surface area contributed by atoms with Crippen LogP contribution in [0.25, 0.3) is 0 Å². The number of carbonyl (C=O) groups excluding carboxylic acids is 1. The van der Waals surface area contributed by atoms with Gasteiger partial charge in [-0.3, -0.25) is 0 Å². The third-order valence-electron chi connectivity index (χ3n) is 4.59. The summed E-state index contributed by atoms with van der Waals surface area (Å²) in [6.45, 7) is 0. The lowest BCUT2D eigenvalue weighted by Crippen LogP contribution is -3.85. The highest BCUT2D eigenvalue weighted by Crippen LogP contribution is 2.62. The van der Waals surface area contributed by atoms with Gasteiger partial charge in [-0.2, -0.15) is 65.9 Å². The second-order valence-electron chi connectivity index (χ2n) is 7.15. The minimum Gasteiger partial charge on any atom is -0.239 e. The maximum atomic E-state index is 14.3. The lowest BCUT2D eigenvalue weighted by molar-refractivity contribution is -1.04. The van der Waals surface area contributed by atoms with Gasteiger partial charge in [-0.05, 0) is 24.3 Å². The van der Waals surface area contributed by atoms with E-state index in [1.165, 1.54) is 36.4 Å². The fourth-order valence-electron chi connectivity index (χ4n) is 2.49. The molecule has 0 aliphatic heterocycles. The Balaban J connectivity index is 2.55. The molecule has 0 aliphatic carbocycles. The van der Waals surface area contributed by atoms with Crippen LogP contribution in [-0.2, 0) is 7.86 Å². The van der Waals surface area contributed by atoms with E-state index in [9.17, 15) is 70.7 Å². The van der Waals surface area contributed by atoms with Crippen molar-refractivity contribution in [1.82, 2.24) is 0 Å². The molecule has 0 unspecified atom stereocenters. The average Bonchev–Trinajstić information content (AvgIpc) is 2.82. The van der Waals surface area contributed by atoms with Crippen LogP contribution in [0.3, 0.4) is 0 Å². The fraction of sp³-hybridized carbons (Fsp3) is 0.350. The van der Waals surface area contributed by atoms with Gasteiger partial charge in [-0.25, -0.2) is 7.86 Å². The van der Waals surface area contributed by atoms with Crippen molar-refractivity contribution >= 4 is 5.97 Å². The van der Waals surface area contributed by atoms with E-state index in [-0.39, 0.29) is 7.14 Å². The highest BCUT2D eigenvalue weighted by atomic mass is 127. The van der Waals surface area contributed by atoms with Crippen molar-refractivity contribution in [3.05, 3.63) is 67.8 Å². The van der Waals surface area contributed by atoms with E-state index < -0.39 is 67.9 Å². The number of alkyl halides is 15. The largest absolute Gasteiger partial charge is 0.460 e. The standard InChI is InChI=1S/C20H10F15IO2/c21-14(22,13(37)38-36(11-7-3-1-4-8-11)12-9-5-2-6-10-12)15(23,24)16(25,26)17(27,28)18(29,30)19(31,32)20(33,34)35/h1-10H/q+1. The molecular formula is C20H10F15IO2+. The Morgan fingerprint density at radius 1 is 0.500 bits per heavy atom. The van der Waals surface area contributed by atoms with Crippen LogP contribution < -0.4 is 20.2 Å². The number of hydrogen-bond acceptors (Lipinski definition) is 2. The molecule has 2 nitrogen and oxygen atoms in total. The highest BCUT2D eigenvalue weighted by molar-refractivity contribution is 5.78. The molecule has 0 bridgehead atoms. The zero-order valence-electron chi connectivity index (χ0n) is 17.6. The SMILES string of the molecule is O=C(O[I+](c1ccccc1)c1ccccc1)C(F)(F)C(F)(F)C(F)(F)C(F)(F)C(F)(F)C(F)(F)C(F)(F)F. The third kappa shape index (κ3) is 4.87. The molecule has 0 atom stereocenters. The topological polar surface area (TPSA) is 26.3 Å². The molecule has 0 amide bonds. The molecule has 0 aromatic heterocycles. The molecule has 0 N–H and O–H groups in total. The molecule has 213 valence electrons. The van der Waals surface area contributed by atoms with Crippen molar-refractivity contribution in [2.24, 2.45) is 0 Å². The normalized spacial score (nSPS) is 14.5. The second-order valence-corrected chi connectivity index (χ2v) is 11.5. The van der Waals surface area contributed by atoms with Crippen molar-refractivity contribution in [2.45, 2.75) is 41.7 Å². The third-order valence-corrected chi connectivity index (χ3v) is 9.14. The van der Waals surface area contributed by atoms with E-state index in [1.807, 2.05) is 0 Å². The van der Waals surface area contributed by atoms with Crippen LogP contribution >= 0.6 is 0 Å². The van der Waals surface area contributed by atoms with Crippen molar-refractivity contribution in [1.29, 1.82) is 0 Å². The van der Waals surface area contributed by atoms with Crippen LogP contribution in [0.5, 0.6) is 0 Å². The lowest BCUT2D eigenvalue weighted by atomic mass is 9.91. The molecule has 0 aliphatic rings. The predicted octanol–water partition coefficient (Wildman–Crippen LogP) is 4.18. The summed E-state index contributed by atoms with van der Waals surface area (Å²) in [4.78, 5) is 11.9. The van der Waals surface area contributed by atoms with E-state index in [0.29, 0.717) is 0 Å². The maximum Gasteiger partial charge on any atom is 0.460 e. The summed E-state index contributed by atoms with van der Waals surface area (Å²) in [6.07, 6.45) is -7.71. The van der Waals surface area contributed by atoms with E-state index in [2.05, 4.69) is 3.07 Å². The summed E-state index contributed by atoms with van der Waals surface area (Å²) in [6, 6.07) is 12.1. The molecule has 0 heterocycles. The average molecular weight is 694 g/mol. The Morgan fingerprint density at radius 2 is 0.816 bits per heavy atom. The molecule has 18 heteroatoms. The van der Waals surface area contributed by atoms with Crippen LogP contribution in [0.2, 0.25) is 0 Å². The zero-order chi connectivity index (χ0) is 29.6. The molecule has 0 spiro atoms. The smallest absolute Gasteiger partial charge is 0.239 e. The van der Waals surface area contributed by atoms with Gasteiger partial charge in [0.25, 0.3) is 0 Å². The minimum absolute atomic E-state index is 0.121. The van der Waals surface area contributed by atoms with Gasteiger partial charge >= 0.3 is 67.9 Å². The fourth-order valence-corrected chi connectivity index (χ4v) is 6.53. The first-order valence-electron chi connectivity index (χ1n) is 9.35. The molecule has 2 rings (SSSR count). The Kier molecular flexibility index (Phi) is 8.34.